The lowest BCUT2D eigenvalue weighted by atomic mass is 10.2. The van der Waals surface area contributed by atoms with E-state index in [-0.39, 0.29) is 0 Å². The number of nitrogens with one attached hydrogen (secondary N) is 1. The fraction of sp³-hybridized carbons (Fsp3) is 0.412. The Morgan fingerprint density at radius 1 is 1.05 bits per heavy atom. The van der Waals surface area contributed by atoms with E-state index in [9.17, 15) is 0 Å². The number of thiophene rings is 1. The van der Waals surface area contributed by atoms with Gasteiger partial charge in [-0.25, -0.2) is 0 Å². The summed E-state index contributed by atoms with van der Waals surface area (Å²) in [6.45, 7) is 8.38. The van der Waals surface area contributed by atoms with Gasteiger partial charge in [0.15, 0.2) is 0 Å². The molecule has 1 aromatic heterocycles. The predicted molar refractivity (Wildman–Crippen MR) is 94.7 cm³/mol. The maximum atomic E-state index is 5.93. The lowest BCUT2D eigenvalue weighted by Crippen LogP contribution is -2.21. The fourth-order valence-corrected chi connectivity index (χ4v) is 3.43. The smallest absolute Gasteiger partial charge is 0.0931 e. The molecule has 0 atom stereocenters. The van der Waals surface area contributed by atoms with Crippen molar-refractivity contribution >= 4 is 28.6 Å². The summed E-state index contributed by atoms with van der Waals surface area (Å²) in [6, 6.07) is 12.9. The number of hydrogen-bond acceptors (Lipinski definition) is 3. The Hall–Kier alpha value is -1.03. The number of hydrogen-bond donors (Lipinski definition) is 1. The molecule has 0 saturated carbocycles. The van der Waals surface area contributed by atoms with Crippen molar-refractivity contribution < 1.29 is 0 Å². The van der Waals surface area contributed by atoms with Crippen LogP contribution in [0.25, 0.3) is 0 Å². The van der Waals surface area contributed by atoms with E-state index in [4.69, 9.17) is 11.6 Å². The first-order chi connectivity index (χ1) is 10.2. The Morgan fingerprint density at radius 2 is 1.76 bits per heavy atom. The van der Waals surface area contributed by atoms with Gasteiger partial charge in [0.2, 0.25) is 0 Å². The van der Waals surface area contributed by atoms with Crippen molar-refractivity contribution in [3.63, 3.8) is 0 Å². The van der Waals surface area contributed by atoms with E-state index in [1.54, 1.807) is 11.3 Å². The third-order valence-electron chi connectivity index (χ3n) is 3.57. The minimum absolute atomic E-state index is 0.872. The van der Waals surface area contributed by atoms with E-state index in [0.29, 0.717) is 0 Å². The summed E-state index contributed by atoms with van der Waals surface area (Å²) in [5.41, 5.74) is 2.63. The van der Waals surface area contributed by atoms with Gasteiger partial charge in [-0.2, -0.15) is 0 Å². The highest BCUT2D eigenvalue weighted by atomic mass is 35.5. The molecule has 0 unspecified atom stereocenters. The summed E-state index contributed by atoms with van der Waals surface area (Å²) in [7, 11) is 0. The van der Waals surface area contributed by atoms with Crippen LogP contribution in [-0.4, -0.2) is 19.6 Å². The Morgan fingerprint density at radius 3 is 2.33 bits per heavy atom. The van der Waals surface area contributed by atoms with Crippen LogP contribution in [0.1, 0.15) is 24.3 Å². The standard InChI is InChI=1S/C17H23ClN2S/c1-3-20(4-2)15-7-5-14(6-8-15)13-19-12-11-16-9-10-17(18)21-16/h5-10,19H,3-4,11-13H2,1-2H3. The lowest BCUT2D eigenvalue weighted by molar-refractivity contribution is 0.690. The van der Waals surface area contributed by atoms with Crippen molar-refractivity contribution in [2.45, 2.75) is 26.8 Å². The molecular weight excluding hydrogens is 300 g/mol. The molecule has 2 rings (SSSR count). The highest BCUT2D eigenvalue weighted by Gasteiger charge is 2.01. The molecule has 0 radical (unpaired) electrons. The van der Waals surface area contributed by atoms with Crippen molar-refractivity contribution in [1.29, 1.82) is 0 Å². The van der Waals surface area contributed by atoms with Gasteiger partial charge in [-0.3, -0.25) is 0 Å². The highest BCUT2D eigenvalue weighted by molar-refractivity contribution is 7.16. The molecule has 21 heavy (non-hydrogen) atoms. The Bertz CT molecular complexity index is 532. The number of halogens is 1. The molecule has 0 aliphatic carbocycles. The molecule has 1 aromatic carbocycles. The van der Waals surface area contributed by atoms with Gasteiger partial charge in [0.25, 0.3) is 0 Å². The van der Waals surface area contributed by atoms with Gasteiger partial charge < -0.3 is 10.2 Å². The molecule has 1 N–H and O–H groups in total. The van der Waals surface area contributed by atoms with E-state index >= 15 is 0 Å². The molecule has 0 fully saturated rings. The molecule has 2 nitrogen and oxygen atoms in total. The first-order valence-electron chi connectivity index (χ1n) is 7.51. The van der Waals surface area contributed by atoms with Crippen LogP contribution in [0.2, 0.25) is 4.34 Å². The molecule has 2 aromatic rings. The second-order valence-corrected chi connectivity index (χ2v) is 6.77. The van der Waals surface area contributed by atoms with Gasteiger partial charge in [0, 0.05) is 36.7 Å². The van der Waals surface area contributed by atoms with Crippen LogP contribution in [0, 0.1) is 0 Å². The minimum Gasteiger partial charge on any atom is -0.372 e. The van der Waals surface area contributed by atoms with Crippen LogP contribution in [0.15, 0.2) is 36.4 Å². The van der Waals surface area contributed by atoms with Crippen LogP contribution in [-0.2, 0) is 13.0 Å². The van der Waals surface area contributed by atoms with Gasteiger partial charge in [-0.1, -0.05) is 23.7 Å². The Balaban J connectivity index is 1.76. The van der Waals surface area contributed by atoms with E-state index < -0.39 is 0 Å². The van der Waals surface area contributed by atoms with E-state index in [0.717, 1.165) is 36.9 Å². The maximum absolute atomic E-state index is 5.93. The third kappa shape index (κ3) is 5.03. The molecule has 0 amide bonds. The van der Waals surface area contributed by atoms with Crippen molar-refractivity contribution in [1.82, 2.24) is 5.32 Å². The Kier molecular flexibility index (Phi) is 6.55. The summed E-state index contributed by atoms with van der Waals surface area (Å²) in [5, 5.41) is 3.49. The lowest BCUT2D eigenvalue weighted by Gasteiger charge is -2.21. The summed E-state index contributed by atoms with van der Waals surface area (Å²) in [6.07, 6.45) is 1.04. The normalized spacial score (nSPS) is 10.8. The van der Waals surface area contributed by atoms with Crippen LogP contribution in [0.3, 0.4) is 0 Å². The van der Waals surface area contributed by atoms with Gasteiger partial charge in [0.05, 0.1) is 4.34 Å². The van der Waals surface area contributed by atoms with Gasteiger partial charge >= 0.3 is 0 Å². The first kappa shape index (κ1) is 16.3. The minimum atomic E-state index is 0.872. The van der Waals surface area contributed by atoms with E-state index in [2.05, 4.69) is 54.4 Å². The molecule has 0 aliphatic rings. The molecule has 114 valence electrons. The quantitative estimate of drug-likeness (QED) is 0.716. The van der Waals surface area contributed by atoms with Gasteiger partial charge in [0.1, 0.15) is 0 Å². The number of anilines is 1. The summed E-state index contributed by atoms with van der Waals surface area (Å²) in [5.74, 6) is 0. The molecule has 0 aliphatic heterocycles. The molecule has 4 heteroatoms. The number of benzene rings is 1. The largest absolute Gasteiger partial charge is 0.372 e. The van der Waals surface area contributed by atoms with Crippen LogP contribution in [0.5, 0.6) is 0 Å². The SMILES string of the molecule is CCN(CC)c1ccc(CNCCc2ccc(Cl)s2)cc1. The molecule has 0 bridgehead atoms. The van der Waals surface area contributed by atoms with Gasteiger partial charge in [-0.15, -0.1) is 11.3 Å². The topological polar surface area (TPSA) is 15.3 Å². The zero-order valence-electron chi connectivity index (χ0n) is 12.7. The fourth-order valence-electron chi connectivity index (χ4n) is 2.34. The average Bonchev–Trinajstić information content (AvgIpc) is 2.92. The molecule has 0 spiro atoms. The monoisotopic (exact) mass is 322 g/mol. The summed E-state index contributed by atoms with van der Waals surface area (Å²) < 4.78 is 0.872. The van der Waals surface area contributed by atoms with Crippen molar-refractivity contribution in [2.24, 2.45) is 0 Å². The molecular formula is C17H23ClN2S. The highest BCUT2D eigenvalue weighted by Crippen LogP contribution is 2.21. The van der Waals surface area contributed by atoms with Crippen LogP contribution < -0.4 is 10.2 Å². The second kappa shape index (κ2) is 8.42. The zero-order valence-corrected chi connectivity index (χ0v) is 14.3. The zero-order chi connectivity index (χ0) is 15.1. The predicted octanol–water partition coefficient (Wildman–Crippen LogP) is 4.58. The number of rotatable bonds is 8. The van der Waals surface area contributed by atoms with Crippen LogP contribution in [0.4, 0.5) is 5.69 Å². The van der Waals surface area contributed by atoms with Gasteiger partial charge in [-0.05, 0) is 50.1 Å². The van der Waals surface area contributed by atoms with Crippen molar-refractivity contribution in [2.75, 3.05) is 24.5 Å². The van der Waals surface area contributed by atoms with E-state index in [1.807, 2.05) is 6.07 Å². The molecule has 0 saturated heterocycles. The molecule has 1 heterocycles. The average molecular weight is 323 g/mol. The van der Waals surface area contributed by atoms with Crippen LogP contribution >= 0.6 is 22.9 Å². The first-order valence-corrected chi connectivity index (χ1v) is 8.71. The van der Waals surface area contributed by atoms with Crippen molar-refractivity contribution in [3.8, 4) is 0 Å². The second-order valence-electron chi connectivity index (χ2n) is 4.97. The maximum Gasteiger partial charge on any atom is 0.0931 e. The third-order valence-corrected chi connectivity index (χ3v) is 4.86. The van der Waals surface area contributed by atoms with E-state index in [1.165, 1.54) is 16.1 Å². The van der Waals surface area contributed by atoms with Crippen molar-refractivity contribution in [3.05, 3.63) is 51.2 Å². The Labute approximate surface area is 136 Å². The summed E-state index contributed by atoms with van der Waals surface area (Å²) >= 11 is 7.59. The summed E-state index contributed by atoms with van der Waals surface area (Å²) in [4.78, 5) is 3.70. The number of nitrogens with zero attached hydrogens (tertiary/aromatic N) is 1.